The second-order valence-corrected chi connectivity index (χ2v) is 4.99. The number of nitrogens with two attached hydrogens (primary N) is 1. The molecule has 3 heterocycles. The van der Waals surface area contributed by atoms with Crippen LogP contribution >= 0.6 is 11.6 Å². The molecular formula is C13H15ClN6. The summed E-state index contributed by atoms with van der Waals surface area (Å²) in [7, 11) is 0. The van der Waals surface area contributed by atoms with Crippen LogP contribution in [0.5, 0.6) is 0 Å². The lowest BCUT2D eigenvalue weighted by molar-refractivity contribution is 0.560. The molecule has 1 atom stereocenters. The maximum atomic E-state index is 6.38. The van der Waals surface area contributed by atoms with Gasteiger partial charge in [0.25, 0.3) is 0 Å². The molecule has 0 fully saturated rings. The van der Waals surface area contributed by atoms with Crippen molar-refractivity contribution < 1.29 is 0 Å². The molecule has 0 aliphatic heterocycles. The first-order chi connectivity index (χ1) is 9.72. The van der Waals surface area contributed by atoms with Crippen molar-refractivity contribution in [2.24, 2.45) is 5.73 Å². The molecule has 2 N–H and O–H groups in total. The molecule has 0 spiro atoms. The van der Waals surface area contributed by atoms with Crippen LogP contribution in [0, 0.1) is 0 Å². The SMILES string of the molecule is CCCn1ncc(Cl)c1C(N)c1cnn2ccncc12. The van der Waals surface area contributed by atoms with Crippen LogP contribution in [-0.4, -0.2) is 24.4 Å². The lowest BCUT2D eigenvalue weighted by atomic mass is 10.1. The van der Waals surface area contributed by atoms with E-state index in [0.717, 1.165) is 29.7 Å². The molecule has 104 valence electrons. The van der Waals surface area contributed by atoms with Gasteiger partial charge >= 0.3 is 0 Å². The Kier molecular flexibility index (Phi) is 3.42. The van der Waals surface area contributed by atoms with Gasteiger partial charge in [0.2, 0.25) is 0 Å². The van der Waals surface area contributed by atoms with E-state index < -0.39 is 0 Å². The van der Waals surface area contributed by atoms with E-state index in [2.05, 4.69) is 22.1 Å². The number of halogens is 1. The minimum absolute atomic E-state index is 0.377. The summed E-state index contributed by atoms with van der Waals surface area (Å²) in [5.74, 6) is 0. The number of aryl methyl sites for hydroxylation is 1. The highest BCUT2D eigenvalue weighted by Crippen LogP contribution is 2.28. The molecule has 1 unspecified atom stereocenters. The second kappa shape index (κ2) is 5.22. The summed E-state index contributed by atoms with van der Waals surface area (Å²) < 4.78 is 3.60. The van der Waals surface area contributed by atoms with Crippen LogP contribution in [0.3, 0.4) is 0 Å². The van der Waals surface area contributed by atoms with Crippen molar-refractivity contribution in [1.82, 2.24) is 24.4 Å². The zero-order valence-electron chi connectivity index (χ0n) is 11.1. The smallest absolute Gasteiger partial charge is 0.0896 e. The van der Waals surface area contributed by atoms with Gasteiger partial charge in [-0.25, -0.2) is 4.52 Å². The van der Waals surface area contributed by atoms with E-state index >= 15 is 0 Å². The zero-order chi connectivity index (χ0) is 14.1. The second-order valence-electron chi connectivity index (χ2n) is 4.58. The Morgan fingerprint density at radius 3 is 2.95 bits per heavy atom. The largest absolute Gasteiger partial charge is 0.319 e. The highest BCUT2D eigenvalue weighted by Gasteiger charge is 2.21. The van der Waals surface area contributed by atoms with Gasteiger partial charge in [-0.1, -0.05) is 18.5 Å². The lowest BCUT2D eigenvalue weighted by Crippen LogP contribution is -2.18. The maximum Gasteiger partial charge on any atom is 0.0896 e. The van der Waals surface area contributed by atoms with Crippen molar-refractivity contribution in [2.75, 3.05) is 0 Å². The predicted octanol–water partition coefficient (Wildman–Crippen LogP) is 2.04. The third kappa shape index (κ3) is 2.07. The fraction of sp³-hybridized carbons (Fsp3) is 0.308. The van der Waals surface area contributed by atoms with Crippen molar-refractivity contribution in [1.29, 1.82) is 0 Å². The van der Waals surface area contributed by atoms with Gasteiger partial charge in [-0.2, -0.15) is 10.2 Å². The normalized spacial score (nSPS) is 12.9. The van der Waals surface area contributed by atoms with Crippen LogP contribution < -0.4 is 5.73 Å². The van der Waals surface area contributed by atoms with Crippen LogP contribution in [0.15, 0.2) is 31.0 Å². The average molecular weight is 291 g/mol. The molecular weight excluding hydrogens is 276 g/mol. The van der Waals surface area contributed by atoms with Gasteiger partial charge in [0.15, 0.2) is 0 Å². The number of hydrogen-bond donors (Lipinski definition) is 1. The third-order valence-corrected chi connectivity index (χ3v) is 3.54. The standard InChI is InChI=1S/C13H15ClN6/c1-2-4-20-13(10(14)7-18-20)12(15)9-6-17-19-5-3-16-8-11(9)19/h3,5-8,12H,2,4,15H2,1H3. The van der Waals surface area contributed by atoms with Crippen LogP contribution in [0.1, 0.15) is 30.6 Å². The molecule has 7 heteroatoms. The molecule has 3 aromatic rings. The Hall–Kier alpha value is -1.92. The van der Waals surface area contributed by atoms with Gasteiger partial charge in [0.05, 0.1) is 40.9 Å². The molecule has 0 amide bonds. The summed E-state index contributed by atoms with van der Waals surface area (Å²) >= 11 is 6.24. The third-order valence-electron chi connectivity index (χ3n) is 3.25. The van der Waals surface area contributed by atoms with Gasteiger partial charge in [0.1, 0.15) is 0 Å². The molecule has 0 bridgehead atoms. The highest BCUT2D eigenvalue weighted by molar-refractivity contribution is 6.31. The Balaban J connectivity index is 2.08. The molecule has 20 heavy (non-hydrogen) atoms. The quantitative estimate of drug-likeness (QED) is 0.798. The monoisotopic (exact) mass is 290 g/mol. The Labute approximate surface area is 121 Å². The fourth-order valence-corrected chi connectivity index (χ4v) is 2.57. The molecule has 3 aromatic heterocycles. The van der Waals surface area contributed by atoms with Crippen molar-refractivity contribution in [3.8, 4) is 0 Å². The Morgan fingerprint density at radius 1 is 1.30 bits per heavy atom. The van der Waals surface area contributed by atoms with Crippen LogP contribution in [0.2, 0.25) is 5.02 Å². The van der Waals surface area contributed by atoms with E-state index in [1.54, 1.807) is 35.5 Å². The molecule has 0 saturated carbocycles. The summed E-state index contributed by atoms with van der Waals surface area (Å²) in [4.78, 5) is 4.12. The van der Waals surface area contributed by atoms with Crippen molar-refractivity contribution in [2.45, 2.75) is 25.9 Å². The summed E-state index contributed by atoms with van der Waals surface area (Å²) in [6.45, 7) is 2.87. The van der Waals surface area contributed by atoms with Gasteiger partial charge in [0, 0.05) is 24.5 Å². The summed E-state index contributed by atoms with van der Waals surface area (Å²) in [5, 5.41) is 9.14. The van der Waals surface area contributed by atoms with Crippen LogP contribution in [0.25, 0.3) is 5.52 Å². The van der Waals surface area contributed by atoms with Gasteiger partial charge in [-0.15, -0.1) is 0 Å². The first-order valence-electron chi connectivity index (χ1n) is 6.46. The van der Waals surface area contributed by atoms with Gasteiger partial charge < -0.3 is 5.73 Å². The fourth-order valence-electron chi connectivity index (χ4n) is 2.31. The number of aromatic nitrogens is 5. The van der Waals surface area contributed by atoms with E-state index in [-0.39, 0.29) is 6.04 Å². The molecule has 0 saturated heterocycles. The van der Waals surface area contributed by atoms with Crippen LogP contribution in [-0.2, 0) is 6.54 Å². The van der Waals surface area contributed by atoms with E-state index in [1.807, 2.05) is 4.68 Å². The molecule has 0 radical (unpaired) electrons. The average Bonchev–Trinajstić information content (AvgIpc) is 3.03. The molecule has 0 aliphatic carbocycles. The molecule has 0 aliphatic rings. The number of rotatable bonds is 4. The minimum atomic E-state index is -0.377. The number of nitrogens with zero attached hydrogens (tertiary/aromatic N) is 5. The molecule has 3 rings (SSSR count). The van der Waals surface area contributed by atoms with Crippen LogP contribution in [0.4, 0.5) is 0 Å². The zero-order valence-corrected chi connectivity index (χ0v) is 11.8. The highest BCUT2D eigenvalue weighted by atomic mass is 35.5. The Bertz CT molecular complexity index is 731. The predicted molar refractivity (Wildman–Crippen MR) is 76.5 cm³/mol. The summed E-state index contributed by atoms with van der Waals surface area (Å²) in [6, 6.07) is -0.377. The van der Waals surface area contributed by atoms with E-state index in [9.17, 15) is 0 Å². The van der Waals surface area contributed by atoms with Crippen molar-refractivity contribution >= 4 is 17.1 Å². The van der Waals surface area contributed by atoms with E-state index in [1.165, 1.54) is 0 Å². The number of hydrogen-bond acceptors (Lipinski definition) is 4. The summed E-state index contributed by atoms with van der Waals surface area (Å²) in [6.07, 6.45) is 9.57. The van der Waals surface area contributed by atoms with Gasteiger partial charge in [-0.05, 0) is 6.42 Å². The minimum Gasteiger partial charge on any atom is -0.319 e. The van der Waals surface area contributed by atoms with Crippen molar-refractivity contribution in [3.05, 3.63) is 47.3 Å². The first-order valence-corrected chi connectivity index (χ1v) is 6.84. The Morgan fingerprint density at radius 2 is 2.15 bits per heavy atom. The topological polar surface area (TPSA) is 74.0 Å². The lowest BCUT2D eigenvalue weighted by Gasteiger charge is -2.13. The van der Waals surface area contributed by atoms with Crippen molar-refractivity contribution in [3.63, 3.8) is 0 Å². The molecule has 6 nitrogen and oxygen atoms in total. The van der Waals surface area contributed by atoms with E-state index in [0.29, 0.717) is 5.02 Å². The molecule has 0 aromatic carbocycles. The number of fused-ring (bicyclic) bond motifs is 1. The summed E-state index contributed by atoms with van der Waals surface area (Å²) in [5.41, 5.74) is 8.95. The van der Waals surface area contributed by atoms with Gasteiger partial charge in [-0.3, -0.25) is 9.67 Å². The van der Waals surface area contributed by atoms with E-state index in [4.69, 9.17) is 17.3 Å². The maximum absolute atomic E-state index is 6.38. The first kappa shape index (κ1) is 13.1.